The van der Waals surface area contributed by atoms with E-state index < -0.39 is 0 Å². The van der Waals surface area contributed by atoms with Crippen molar-refractivity contribution in [2.75, 3.05) is 25.3 Å². The summed E-state index contributed by atoms with van der Waals surface area (Å²) in [4.78, 5) is 17.7. The molecule has 0 fully saturated rings. The normalized spacial score (nSPS) is 10.5. The third-order valence-corrected chi connectivity index (χ3v) is 7.62. The van der Waals surface area contributed by atoms with Crippen molar-refractivity contribution in [1.82, 2.24) is 4.98 Å². The number of thioether (sulfide) groups is 1. The van der Waals surface area contributed by atoms with Gasteiger partial charge in [0.15, 0.2) is 11.5 Å². The number of benzene rings is 4. The first-order chi connectivity index (χ1) is 21.0. The molecular formula is C34H26ClN3O4S. The van der Waals surface area contributed by atoms with Gasteiger partial charge in [-0.05, 0) is 72.3 Å². The fraction of sp³-hybridized carbons (Fsp3) is 0.0882. The van der Waals surface area contributed by atoms with E-state index in [9.17, 15) is 10.1 Å². The van der Waals surface area contributed by atoms with Gasteiger partial charge in [0.2, 0.25) is 5.91 Å². The van der Waals surface area contributed by atoms with E-state index in [1.807, 2.05) is 60.7 Å². The van der Waals surface area contributed by atoms with Crippen LogP contribution in [0.3, 0.4) is 0 Å². The van der Waals surface area contributed by atoms with Gasteiger partial charge in [0.1, 0.15) is 22.6 Å². The third kappa shape index (κ3) is 7.28. The number of para-hydroxylation sites is 1. The van der Waals surface area contributed by atoms with Gasteiger partial charge < -0.3 is 19.5 Å². The molecule has 0 radical (unpaired) electrons. The molecule has 0 atom stereocenters. The van der Waals surface area contributed by atoms with Gasteiger partial charge in [0, 0.05) is 21.8 Å². The van der Waals surface area contributed by atoms with Crippen molar-refractivity contribution in [3.63, 3.8) is 0 Å². The number of halogens is 1. The second-order valence-electron chi connectivity index (χ2n) is 9.20. The van der Waals surface area contributed by atoms with Crippen LogP contribution in [0.15, 0.2) is 108 Å². The van der Waals surface area contributed by atoms with Gasteiger partial charge in [-0.2, -0.15) is 5.26 Å². The summed E-state index contributed by atoms with van der Waals surface area (Å²) < 4.78 is 16.7. The Morgan fingerprint density at radius 1 is 0.860 bits per heavy atom. The largest absolute Gasteiger partial charge is 0.493 e. The molecule has 0 spiro atoms. The number of nitrogens with zero attached hydrogens (tertiary/aromatic N) is 2. The number of nitrogens with one attached hydrogen (secondary N) is 1. The van der Waals surface area contributed by atoms with Crippen LogP contribution in [0.2, 0.25) is 5.02 Å². The lowest BCUT2D eigenvalue weighted by Gasteiger charge is -2.14. The minimum atomic E-state index is -0.239. The average Bonchev–Trinajstić information content (AvgIpc) is 3.04. The molecule has 5 aromatic rings. The van der Waals surface area contributed by atoms with Crippen molar-refractivity contribution >= 4 is 35.0 Å². The van der Waals surface area contributed by atoms with E-state index in [4.69, 9.17) is 30.8 Å². The predicted molar refractivity (Wildman–Crippen MR) is 170 cm³/mol. The van der Waals surface area contributed by atoms with Gasteiger partial charge in [0.25, 0.3) is 0 Å². The number of hydrogen-bond donors (Lipinski definition) is 1. The fourth-order valence-corrected chi connectivity index (χ4v) is 5.22. The lowest BCUT2D eigenvalue weighted by atomic mass is 9.99. The van der Waals surface area contributed by atoms with Gasteiger partial charge in [-0.25, -0.2) is 4.98 Å². The van der Waals surface area contributed by atoms with Gasteiger partial charge >= 0.3 is 0 Å². The summed E-state index contributed by atoms with van der Waals surface area (Å²) in [5.74, 6) is 2.29. The number of pyridine rings is 1. The maximum atomic E-state index is 12.9. The molecule has 0 saturated carbocycles. The second kappa shape index (κ2) is 13.8. The van der Waals surface area contributed by atoms with Crippen LogP contribution in [0.25, 0.3) is 22.4 Å². The molecule has 0 aliphatic carbocycles. The molecule has 0 saturated heterocycles. The van der Waals surface area contributed by atoms with E-state index in [2.05, 4.69) is 11.4 Å². The minimum absolute atomic E-state index is 0.0411. The molecule has 9 heteroatoms. The number of aromatic nitrogens is 1. The fourth-order valence-electron chi connectivity index (χ4n) is 4.30. The second-order valence-corrected chi connectivity index (χ2v) is 10.6. The summed E-state index contributed by atoms with van der Waals surface area (Å²) >= 11 is 7.31. The van der Waals surface area contributed by atoms with Crippen LogP contribution < -0.4 is 19.5 Å². The quantitative estimate of drug-likeness (QED) is 0.159. The van der Waals surface area contributed by atoms with E-state index in [1.165, 1.54) is 11.8 Å². The Morgan fingerprint density at radius 3 is 2.21 bits per heavy atom. The van der Waals surface area contributed by atoms with Crippen molar-refractivity contribution in [3.8, 4) is 51.5 Å². The molecular weight excluding hydrogens is 582 g/mol. The highest BCUT2D eigenvalue weighted by Gasteiger charge is 2.19. The highest BCUT2D eigenvalue weighted by Crippen LogP contribution is 2.38. The summed E-state index contributed by atoms with van der Waals surface area (Å²) in [6.07, 6.45) is 0. The lowest BCUT2D eigenvalue weighted by molar-refractivity contribution is -0.113. The number of anilines is 1. The molecule has 4 aromatic carbocycles. The van der Waals surface area contributed by atoms with Crippen LogP contribution in [0.5, 0.6) is 23.0 Å². The Labute approximate surface area is 259 Å². The SMILES string of the molecule is COc1ccc(-c2cc(-c3ccc(Cl)cc3)nc(SCC(=O)Nc3ccc(Oc4ccccc4)cc3)c2C#N)cc1OC. The maximum Gasteiger partial charge on any atom is 0.234 e. The number of hydrogen-bond acceptors (Lipinski definition) is 7. The molecule has 1 N–H and O–H groups in total. The molecule has 0 unspecified atom stereocenters. The topological polar surface area (TPSA) is 93.5 Å². The van der Waals surface area contributed by atoms with Crippen molar-refractivity contribution < 1.29 is 19.0 Å². The molecule has 1 aromatic heterocycles. The standard InChI is InChI=1S/C34H26ClN3O4S/c1-40-31-17-10-23(18-32(31)41-2)28-19-30(22-8-11-24(35)12-9-22)38-34(29(28)20-36)43-21-33(39)37-25-13-15-27(16-14-25)42-26-6-4-3-5-7-26/h3-19H,21H2,1-2H3,(H,37,39). The van der Waals surface area contributed by atoms with Crippen molar-refractivity contribution in [3.05, 3.63) is 114 Å². The summed E-state index contributed by atoms with van der Waals surface area (Å²) in [5.41, 5.74) is 3.83. The predicted octanol–water partition coefficient (Wildman–Crippen LogP) is 8.48. The number of carbonyl (C=O) groups is 1. The number of amides is 1. The molecule has 214 valence electrons. The molecule has 1 amide bonds. The Morgan fingerprint density at radius 2 is 1.53 bits per heavy atom. The van der Waals surface area contributed by atoms with Gasteiger partial charge in [-0.3, -0.25) is 4.79 Å². The van der Waals surface area contributed by atoms with E-state index in [-0.39, 0.29) is 11.7 Å². The van der Waals surface area contributed by atoms with Gasteiger partial charge in [-0.15, -0.1) is 0 Å². The van der Waals surface area contributed by atoms with Gasteiger partial charge in [0.05, 0.1) is 31.2 Å². The first-order valence-corrected chi connectivity index (χ1v) is 14.5. The number of ether oxygens (including phenoxy) is 3. The van der Waals surface area contributed by atoms with Crippen LogP contribution in [0.1, 0.15) is 5.56 Å². The molecule has 1 heterocycles. The lowest BCUT2D eigenvalue weighted by Crippen LogP contribution is -2.14. The Hall–Kier alpha value is -4.97. The molecule has 5 rings (SSSR count). The maximum absolute atomic E-state index is 12.9. The van der Waals surface area contributed by atoms with Crippen molar-refractivity contribution in [2.45, 2.75) is 5.03 Å². The van der Waals surface area contributed by atoms with Crippen molar-refractivity contribution in [1.29, 1.82) is 5.26 Å². The highest BCUT2D eigenvalue weighted by atomic mass is 35.5. The summed E-state index contributed by atoms with van der Waals surface area (Å²) in [6.45, 7) is 0. The average molecular weight is 608 g/mol. The molecule has 0 aliphatic heterocycles. The van der Waals surface area contributed by atoms with Crippen LogP contribution in [0, 0.1) is 11.3 Å². The Balaban J connectivity index is 1.39. The zero-order chi connectivity index (χ0) is 30.2. The minimum Gasteiger partial charge on any atom is -0.493 e. The Kier molecular flexibility index (Phi) is 9.47. The van der Waals surface area contributed by atoms with Crippen LogP contribution in [-0.4, -0.2) is 30.9 Å². The zero-order valence-electron chi connectivity index (χ0n) is 23.3. The van der Waals surface area contributed by atoms with Crippen molar-refractivity contribution in [2.24, 2.45) is 0 Å². The first-order valence-electron chi connectivity index (χ1n) is 13.2. The molecule has 7 nitrogen and oxygen atoms in total. The zero-order valence-corrected chi connectivity index (χ0v) is 24.9. The van der Waals surface area contributed by atoms with Crippen LogP contribution in [-0.2, 0) is 4.79 Å². The van der Waals surface area contributed by atoms with Crippen LogP contribution >= 0.6 is 23.4 Å². The number of nitriles is 1. The van der Waals surface area contributed by atoms with E-state index in [1.54, 1.807) is 56.7 Å². The summed E-state index contributed by atoms with van der Waals surface area (Å²) in [7, 11) is 3.12. The first kappa shape index (κ1) is 29.5. The highest BCUT2D eigenvalue weighted by molar-refractivity contribution is 8.00. The number of methoxy groups -OCH3 is 2. The van der Waals surface area contributed by atoms with E-state index >= 15 is 0 Å². The summed E-state index contributed by atoms with van der Waals surface area (Å²) in [5, 5.41) is 14.2. The number of rotatable bonds is 10. The molecule has 0 aliphatic rings. The van der Waals surface area contributed by atoms with Gasteiger partial charge in [-0.1, -0.05) is 59.8 Å². The van der Waals surface area contributed by atoms with E-state index in [0.717, 1.165) is 16.9 Å². The monoisotopic (exact) mass is 607 g/mol. The summed E-state index contributed by atoms with van der Waals surface area (Å²) in [6, 6.07) is 33.5. The smallest absolute Gasteiger partial charge is 0.234 e. The third-order valence-electron chi connectivity index (χ3n) is 6.39. The van der Waals surface area contributed by atoms with E-state index in [0.29, 0.717) is 49.8 Å². The van der Waals surface area contributed by atoms with Crippen LogP contribution in [0.4, 0.5) is 5.69 Å². The molecule has 0 bridgehead atoms. The Bertz CT molecular complexity index is 1770. The molecule has 43 heavy (non-hydrogen) atoms. The number of carbonyl (C=O) groups excluding carboxylic acids is 1.